The van der Waals surface area contributed by atoms with Gasteiger partial charge in [-0.3, -0.25) is 4.79 Å². The maximum atomic E-state index is 11.1. The number of benzene rings is 1. The van der Waals surface area contributed by atoms with E-state index in [1.54, 1.807) is 32.0 Å². The molecule has 5 nitrogen and oxygen atoms in total. The van der Waals surface area contributed by atoms with Gasteiger partial charge in [-0.1, -0.05) is 23.2 Å². The normalized spacial score (nSPS) is 13.0. The summed E-state index contributed by atoms with van der Waals surface area (Å²) >= 11 is 11.8. The summed E-state index contributed by atoms with van der Waals surface area (Å²) in [5.41, 5.74) is 4.59. The maximum Gasteiger partial charge on any atom is 0.224 e. The first-order valence-corrected chi connectivity index (χ1v) is 7.24. The molecule has 1 unspecified atom stereocenters. The molecule has 21 heavy (non-hydrogen) atoms. The number of rotatable bonds is 8. The highest BCUT2D eigenvalue weighted by Crippen LogP contribution is 2.27. The van der Waals surface area contributed by atoms with Gasteiger partial charge in [0.15, 0.2) is 0 Å². The van der Waals surface area contributed by atoms with Crippen LogP contribution in [-0.2, 0) is 4.79 Å². The fourth-order valence-electron chi connectivity index (χ4n) is 1.47. The van der Waals surface area contributed by atoms with E-state index in [0.717, 1.165) is 0 Å². The Morgan fingerprint density at radius 2 is 2.14 bits per heavy atom. The Bertz CT molecular complexity index is 495. The van der Waals surface area contributed by atoms with E-state index in [2.05, 4.69) is 5.32 Å². The molecule has 0 aliphatic carbocycles. The number of nitrogens with two attached hydrogens (primary N) is 1. The summed E-state index contributed by atoms with van der Waals surface area (Å²) < 4.78 is 5.41. The summed E-state index contributed by atoms with van der Waals surface area (Å²) in [6, 6.07) is 4.86. The van der Waals surface area contributed by atoms with Crippen molar-refractivity contribution in [2.45, 2.75) is 20.0 Å². The van der Waals surface area contributed by atoms with Crippen LogP contribution in [0.5, 0.6) is 5.75 Å². The van der Waals surface area contributed by atoms with Crippen LogP contribution in [0.3, 0.4) is 0 Å². The molecule has 0 radical (unpaired) electrons. The monoisotopic (exact) mass is 334 g/mol. The van der Waals surface area contributed by atoms with Gasteiger partial charge in [-0.15, -0.1) is 0 Å². The molecule has 0 heterocycles. The molecule has 0 aromatic heterocycles. The number of hydrogen-bond acceptors (Lipinski definition) is 4. The third kappa shape index (κ3) is 6.09. The van der Waals surface area contributed by atoms with Gasteiger partial charge in [-0.25, -0.2) is 0 Å². The van der Waals surface area contributed by atoms with Gasteiger partial charge in [0.2, 0.25) is 5.91 Å². The van der Waals surface area contributed by atoms with Crippen LogP contribution in [0.15, 0.2) is 18.2 Å². The number of carbonyl (C=O) groups excluding carboxylic acids is 1. The van der Waals surface area contributed by atoms with Crippen molar-refractivity contribution >= 4 is 29.1 Å². The summed E-state index contributed by atoms with van der Waals surface area (Å²) in [7, 11) is 0. The highest BCUT2D eigenvalue weighted by Gasteiger charge is 2.24. The fourth-order valence-corrected chi connectivity index (χ4v) is 1.81. The smallest absolute Gasteiger partial charge is 0.224 e. The third-order valence-corrected chi connectivity index (χ3v) is 3.49. The van der Waals surface area contributed by atoms with E-state index < -0.39 is 17.4 Å². The molecular formula is C14H20Cl2N2O3. The maximum absolute atomic E-state index is 11.1. The molecule has 118 valence electrons. The molecule has 1 aromatic carbocycles. The molecule has 0 saturated carbocycles. The molecule has 1 rings (SSSR count). The molecule has 0 spiro atoms. The van der Waals surface area contributed by atoms with E-state index in [4.69, 9.17) is 33.7 Å². The highest BCUT2D eigenvalue weighted by atomic mass is 35.5. The van der Waals surface area contributed by atoms with Crippen LogP contribution in [0.25, 0.3) is 0 Å². The zero-order valence-electron chi connectivity index (χ0n) is 12.0. The largest absolute Gasteiger partial charge is 0.489 e. The predicted molar refractivity (Wildman–Crippen MR) is 83.8 cm³/mol. The molecule has 1 aromatic rings. The van der Waals surface area contributed by atoms with Gasteiger partial charge >= 0.3 is 0 Å². The number of amides is 1. The van der Waals surface area contributed by atoms with E-state index in [9.17, 15) is 9.90 Å². The number of aliphatic hydroxyl groups is 1. The van der Waals surface area contributed by atoms with Gasteiger partial charge in [0.25, 0.3) is 0 Å². The zero-order chi connectivity index (χ0) is 16.0. The number of carbonyl (C=O) groups is 1. The summed E-state index contributed by atoms with van der Waals surface area (Å²) in [5.74, 6) is 0.0205. The van der Waals surface area contributed by atoms with Crippen LogP contribution in [-0.4, -0.2) is 36.8 Å². The highest BCUT2D eigenvalue weighted by molar-refractivity contribution is 6.34. The summed E-state index contributed by atoms with van der Waals surface area (Å²) in [4.78, 5) is 11.1. The minimum atomic E-state index is -0.747. The Morgan fingerprint density at radius 3 is 2.76 bits per heavy atom. The second-order valence-electron chi connectivity index (χ2n) is 5.42. The van der Waals surface area contributed by atoms with E-state index in [0.29, 0.717) is 22.3 Å². The SMILES string of the molecule is CC(C)(CNCC(O)COc1cc(Cl)ccc1Cl)C(N)=O. The first-order chi connectivity index (χ1) is 9.72. The van der Waals surface area contributed by atoms with Crippen LogP contribution < -0.4 is 15.8 Å². The molecule has 0 aliphatic rings. The first kappa shape index (κ1) is 18.0. The lowest BCUT2D eigenvalue weighted by Gasteiger charge is -2.22. The number of ether oxygens (including phenoxy) is 1. The van der Waals surface area contributed by atoms with Gasteiger partial charge in [0.05, 0.1) is 10.4 Å². The number of nitrogens with one attached hydrogen (secondary N) is 1. The van der Waals surface area contributed by atoms with Crippen LogP contribution >= 0.6 is 23.2 Å². The number of hydrogen-bond donors (Lipinski definition) is 3. The molecule has 1 amide bonds. The second-order valence-corrected chi connectivity index (χ2v) is 6.26. The molecular weight excluding hydrogens is 315 g/mol. The van der Waals surface area contributed by atoms with Gasteiger partial charge in [0.1, 0.15) is 18.5 Å². The van der Waals surface area contributed by atoms with E-state index >= 15 is 0 Å². The summed E-state index contributed by atoms with van der Waals surface area (Å²) in [6.45, 7) is 4.17. The first-order valence-electron chi connectivity index (χ1n) is 6.49. The van der Waals surface area contributed by atoms with E-state index in [-0.39, 0.29) is 13.2 Å². The van der Waals surface area contributed by atoms with Crippen molar-refractivity contribution in [2.24, 2.45) is 11.1 Å². The van der Waals surface area contributed by atoms with Crippen molar-refractivity contribution in [3.05, 3.63) is 28.2 Å². The van der Waals surface area contributed by atoms with E-state index in [1.807, 2.05) is 0 Å². The van der Waals surface area contributed by atoms with Crippen molar-refractivity contribution in [3.63, 3.8) is 0 Å². The van der Waals surface area contributed by atoms with Crippen molar-refractivity contribution in [2.75, 3.05) is 19.7 Å². The lowest BCUT2D eigenvalue weighted by atomic mass is 9.93. The third-order valence-electron chi connectivity index (χ3n) is 2.94. The van der Waals surface area contributed by atoms with Crippen LogP contribution in [0.4, 0.5) is 0 Å². The standard InChI is InChI=1S/C14H20Cl2N2O3/c1-14(2,13(17)20)8-18-6-10(19)7-21-12-5-9(15)3-4-11(12)16/h3-5,10,18-19H,6-8H2,1-2H3,(H2,17,20). The molecule has 0 bridgehead atoms. The van der Waals surface area contributed by atoms with Crippen LogP contribution in [0.1, 0.15) is 13.8 Å². The van der Waals surface area contributed by atoms with Gasteiger partial charge in [-0.05, 0) is 26.0 Å². The lowest BCUT2D eigenvalue weighted by molar-refractivity contribution is -0.125. The predicted octanol–water partition coefficient (Wildman–Crippen LogP) is 1.83. The van der Waals surface area contributed by atoms with Crippen LogP contribution in [0.2, 0.25) is 10.0 Å². The molecule has 0 fully saturated rings. The van der Waals surface area contributed by atoms with Gasteiger partial charge < -0.3 is 20.9 Å². The average molecular weight is 335 g/mol. The Labute approximate surface area is 134 Å². The Kier molecular flexibility index (Phi) is 6.74. The van der Waals surface area contributed by atoms with E-state index in [1.165, 1.54) is 0 Å². The Hall–Kier alpha value is -1.01. The molecule has 0 saturated heterocycles. The van der Waals surface area contributed by atoms with Gasteiger partial charge in [-0.2, -0.15) is 0 Å². The van der Waals surface area contributed by atoms with Crippen LogP contribution in [0, 0.1) is 5.41 Å². The minimum Gasteiger partial charge on any atom is -0.489 e. The Balaban J connectivity index is 2.36. The van der Waals surface area contributed by atoms with Gasteiger partial charge in [0, 0.05) is 24.2 Å². The lowest BCUT2D eigenvalue weighted by Crippen LogP contribution is -2.43. The zero-order valence-corrected chi connectivity index (χ0v) is 13.5. The van der Waals surface area contributed by atoms with Crippen molar-refractivity contribution in [3.8, 4) is 5.75 Å². The fraction of sp³-hybridized carbons (Fsp3) is 0.500. The summed E-state index contributed by atoms with van der Waals surface area (Å²) in [5, 5.41) is 13.7. The molecule has 1 atom stereocenters. The number of primary amides is 1. The van der Waals surface area contributed by atoms with Crippen molar-refractivity contribution < 1.29 is 14.6 Å². The Morgan fingerprint density at radius 1 is 1.48 bits per heavy atom. The second kappa shape index (κ2) is 7.84. The summed E-state index contributed by atoms with van der Waals surface area (Å²) in [6.07, 6.45) is -0.747. The quantitative estimate of drug-likeness (QED) is 0.677. The molecule has 4 N–H and O–H groups in total. The molecule has 0 aliphatic heterocycles. The number of aliphatic hydroxyl groups excluding tert-OH is 1. The molecule has 7 heteroatoms. The van der Waals surface area contributed by atoms with Crippen molar-refractivity contribution in [1.82, 2.24) is 5.32 Å². The average Bonchev–Trinajstić information content (AvgIpc) is 2.39. The van der Waals surface area contributed by atoms with Crippen molar-refractivity contribution in [1.29, 1.82) is 0 Å². The topological polar surface area (TPSA) is 84.6 Å². The minimum absolute atomic E-state index is 0.0596. The number of halogens is 2.